The fraction of sp³-hybridized carbons (Fsp3) is 0.625. The van der Waals surface area contributed by atoms with Gasteiger partial charge in [-0.2, -0.15) is 0 Å². The molecule has 0 bridgehead atoms. The number of anilines is 1. The van der Waals surface area contributed by atoms with Gasteiger partial charge in [0.05, 0.1) is 6.61 Å². The smallest absolute Gasteiger partial charge is 0.0663 e. The Morgan fingerprint density at radius 1 is 1.26 bits per heavy atom. The second-order valence-electron chi connectivity index (χ2n) is 5.09. The van der Waals surface area contributed by atoms with E-state index >= 15 is 0 Å². The van der Waals surface area contributed by atoms with Crippen molar-refractivity contribution < 1.29 is 4.74 Å². The van der Waals surface area contributed by atoms with Crippen molar-refractivity contribution in [3.63, 3.8) is 0 Å². The van der Waals surface area contributed by atoms with Gasteiger partial charge in [-0.25, -0.2) is 0 Å². The van der Waals surface area contributed by atoms with Gasteiger partial charge in [0.15, 0.2) is 0 Å². The normalized spacial score (nSPS) is 14.2. The van der Waals surface area contributed by atoms with E-state index in [0.717, 1.165) is 26.0 Å². The number of likely N-dealkylation sites (N-methyl/N-ethyl adjacent to an activating group) is 1. The van der Waals surface area contributed by atoms with Crippen LogP contribution < -0.4 is 10.6 Å². The molecule has 0 aliphatic heterocycles. The summed E-state index contributed by atoms with van der Waals surface area (Å²) < 4.78 is 5.28. The quantitative estimate of drug-likeness (QED) is 0.784. The van der Waals surface area contributed by atoms with E-state index in [9.17, 15) is 0 Å². The van der Waals surface area contributed by atoms with Crippen LogP contribution >= 0.6 is 0 Å². The Morgan fingerprint density at radius 3 is 2.53 bits per heavy atom. The lowest BCUT2D eigenvalue weighted by molar-refractivity contribution is 0.182. The van der Waals surface area contributed by atoms with Crippen molar-refractivity contribution in [2.75, 3.05) is 25.2 Å². The largest absolute Gasteiger partial charge is 0.383 e. The molecule has 3 nitrogen and oxygen atoms in total. The van der Waals surface area contributed by atoms with E-state index in [2.05, 4.69) is 49.9 Å². The Kier molecular flexibility index (Phi) is 6.89. The molecule has 0 fully saturated rings. The van der Waals surface area contributed by atoms with Gasteiger partial charge in [-0.3, -0.25) is 0 Å². The minimum absolute atomic E-state index is 0.234. The van der Waals surface area contributed by atoms with Crippen molar-refractivity contribution in [1.29, 1.82) is 0 Å². The summed E-state index contributed by atoms with van der Waals surface area (Å²) in [7, 11) is 1.75. The van der Waals surface area contributed by atoms with E-state index in [-0.39, 0.29) is 6.04 Å². The molecule has 2 unspecified atom stereocenters. The number of hydrogen-bond acceptors (Lipinski definition) is 3. The Hall–Kier alpha value is -1.06. The van der Waals surface area contributed by atoms with Crippen molar-refractivity contribution in [3.05, 3.63) is 29.8 Å². The van der Waals surface area contributed by atoms with Gasteiger partial charge < -0.3 is 15.4 Å². The summed E-state index contributed by atoms with van der Waals surface area (Å²) in [6, 6.07) is 9.17. The minimum atomic E-state index is 0.234. The number of hydrogen-bond donors (Lipinski definition) is 1. The molecule has 0 spiro atoms. The zero-order valence-corrected chi connectivity index (χ0v) is 12.7. The summed E-state index contributed by atoms with van der Waals surface area (Å²) in [5.74, 6) is 0. The van der Waals surface area contributed by atoms with Crippen LogP contribution in [0.4, 0.5) is 5.69 Å². The standard InChI is InChI=1S/C16H28N2O/c1-5-15(17)11-14-9-7-8-10-16(14)18(6-2)13(3)12-19-4/h7-10,13,15H,5-6,11-12,17H2,1-4H3. The van der Waals surface area contributed by atoms with Gasteiger partial charge >= 0.3 is 0 Å². The highest BCUT2D eigenvalue weighted by molar-refractivity contribution is 5.54. The van der Waals surface area contributed by atoms with Gasteiger partial charge in [0.1, 0.15) is 0 Å². The molecule has 1 aromatic carbocycles. The number of benzene rings is 1. The maximum Gasteiger partial charge on any atom is 0.0663 e. The van der Waals surface area contributed by atoms with Gasteiger partial charge in [0, 0.05) is 31.4 Å². The molecule has 108 valence electrons. The van der Waals surface area contributed by atoms with E-state index in [1.54, 1.807) is 7.11 Å². The Balaban J connectivity index is 2.96. The lowest BCUT2D eigenvalue weighted by atomic mass is 10.0. The predicted octanol–water partition coefficient (Wildman–Crippen LogP) is 2.83. The number of nitrogens with zero attached hydrogens (tertiary/aromatic N) is 1. The molecular weight excluding hydrogens is 236 g/mol. The molecule has 2 N–H and O–H groups in total. The van der Waals surface area contributed by atoms with Crippen LogP contribution in [0.25, 0.3) is 0 Å². The molecule has 19 heavy (non-hydrogen) atoms. The fourth-order valence-electron chi connectivity index (χ4n) is 2.44. The SMILES string of the molecule is CCC(N)Cc1ccccc1N(CC)C(C)COC. The van der Waals surface area contributed by atoms with Crippen LogP contribution in [0.15, 0.2) is 24.3 Å². The Bertz CT molecular complexity index is 368. The molecule has 0 aliphatic rings. The monoisotopic (exact) mass is 264 g/mol. The molecule has 0 saturated carbocycles. The summed E-state index contributed by atoms with van der Waals surface area (Å²) in [6.07, 6.45) is 1.94. The summed E-state index contributed by atoms with van der Waals surface area (Å²) in [4.78, 5) is 2.39. The average Bonchev–Trinajstić information content (AvgIpc) is 2.41. The number of methoxy groups -OCH3 is 1. The third kappa shape index (κ3) is 4.51. The first-order valence-corrected chi connectivity index (χ1v) is 7.23. The lowest BCUT2D eigenvalue weighted by Crippen LogP contribution is -2.37. The molecule has 0 amide bonds. The number of para-hydroxylation sites is 1. The van der Waals surface area contributed by atoms with Crippen LogP contribution in [0.3, 0.4) is 0 Å². The third-order valence-electron chi connectivity index (χ3n) is 3.59. The van der Waals surface area contributed by atoms with Gasteiger partial charge in [-0.1, -0.05) is 25.1 Å². The summed E-state index contributed by atoms with van der Waals surface area (Å²) in [5.41, 5.74) is 8.73. The van der Waals surface area contributed by atoms with Gasteiger partial charge in [0.2, 0.25) is 0 Å². The highest BCUT2D eigenvalue weighted by Gasteiger charge is 2.16. The van der Waals surface area contributed by atoms with E-state index in [4.69, 9.17) is 10.5 Å². The zero-order valence-electron chi connectivity index (χ0n) is 12.7. The predicted molar refractivity (Wildman–Crippen MR) is 82.8 cm³/mol. The Morgan fingerprint density at radius 2 is 1.95 bits per heavy atom. The second kappa shape index (κ2) is 8.18. The number of rotatable bonds is 8. The van der Waals surface area contributed by atoms with Crippen LogP contribution in [0.2, 0.25) is 0 Å². The molecule has 1 rings (SSSR count). The van der Waals surface area contributed by atoms with E-state index < -0.39 is 0 Å². The van der Waals surface area contributed by atoms with Crippen LogP contribution in [-0.4, -0.2) is 32.3 Å². The average molecular weight is 264 g/mol. The highest BCUT2D eigenvalue weighted by Crippen LogP contribution is 2.24. The van der Waals surface area contributed by atoms with Crippen molar-refractivity contribution in [2.45, 2.75) is 45.7 Å². The minimum Gasteiger partial charge on any atom is -0.383 e. The first kappa shape index (κ1) is 16.0. The van der Waals surface area contributed by atoms with Crippen LogP contribution in [0.1, 0.15) is 32.8 Å². The molecule has 3 heteroatoms. The Labute approximate surface area is 117 Å². The number of ether oxygens (including phenoxy) is 1. The van der Waals surface area contributed by atoms with E-state index in [0.29, 0.717) is 6.04 Å². The van der Waals surface area contributed by atoms with Crippen LogP contribution in [-0.2, 0) is 11.2 Å². The first-order valence-electron chi connectivity index (χ1n) is 7.23. The van der Waals surface area contributed by atoms with Crippen molar-refractivity contribution in [1.82, 2.24) is 0 Å². The van der Waals surface area contributed by atoms with E-state index in [1.807, 2.05) is 0 Å². The van der Waals surface area contributed by atoms with Crippen LogP contribution in [0.5, 0.6) is 0 Å². The molecule has 1 aromatic rings. The summed E-state index contributed by atoms with van der Waals surface area (Å²) in [6.45, 7) is 8.23. The molecule has 0 aromatic heterocycles. The van der Waals surface area contributed by atoms with Crippen LogP contribution in [0, 0.1) is 0 Å². The van der Waals surface area contributed by atoms with Gasteiger partial charge in [0.25, 0.3) is 0 Å². The topological polar surface area (TPSA) is 38.5 Å². The highest BCUT2D eigenvalue weighted by atomic mass is 16.5. The lowest BCUT2D eigenvalue weighted by Gasteiger charge is -2.32. The molecular formula is C16H28N2O. The van der Waals surface area contributed by atoms with Gasteiger partial charge in [-0.15, -0.1) is 0 Å². The van der Waals surface area contributed by atoms with Crippen molar-refractivity contribution in [2.24, 2.45) is 5.73 Å². The fourth-order valence-corrected chi connectivity index (χ4v) is 2.44. The molecule has 0 saturated heterocycles. The summed E-state index contributed by atoms with van der Waals surface area (Å²) >= 11 is 0. The molecule has 0 aliphatic carbocycles. The molecule has 0 radical (unpaired) electrons. The second-order valence-corrected chi connectivity index (χ2v) is 5.09. The third-order valence-corrected chi connectivity index (χ3v) is 3.59. The summed E-state index contributed by atoms with van der Waals surface area (Å²) in [5, 5.41) is 0. The van der Waals surface area contributed by atoms with E-state index in [1.165, 1.54) is 11.3 Å². The molecule has 0 heterocycles. The zero-order chi connectivity index (χ0) is 14.3. The first-order chi connectivity index (χ1) is 9.13. The van der Waals surface area contributed by atoms with Crippen molar-refractivity contribution >= 4 is 5.69 Å². The maximum absolute atomic E-state index is 6.11. The van der Waals surface area contributed by atoms with Crippen molar-refractivity contribution in [3.8, 4) is 0 Å². The number of nitrogens with two attached hydrogens (primary N) is 1. The molecule has 2 atom stereocenters. The maximum atomic E-state index is 6.11. The van der Waals surface area contributed by atoms with Gasteiger partial charge in [-0.05, 0) is 38.3 Å².